The van der Waals surface area contributed by atoms with Crippen LogP contribution in [0, 0.1) is 23.2 Å². The molecule has 0 atom stereocenters. The molecule has 35 heavy (non-hydrogen) atoms. The number of aromatic amines is 1. The molecule has 1 aromatic heterocycles. The van der Waals surface area contributed by atoms with Crippen LogP contribution in [0.1, 0.15) is 74.0 Å². The molecule has 1 aromatic carbocycles. The van der Waals surface area contributed by atoms with Gasteiger partial charge >= 0.3 is 0 Å². The molecule has 8 heteroatoms. The van der Waals surface area contributed by atoms with Crippen LogP contribution < -0.4 is 10.9 Å². The van der Waals surface area contributed by atoms with Crippen molar-refractivity contribution >= 4 is 45.1 Å². The summed E-state index contributed by atoms with van der Waals surface area (Å²) in [6.45, 7) is 3.52. The molecule has 2 N–H and O–H groups in total. The van der Waals surface area contributed by atoms with Gasteiger partial charge in [0, 0.05) is 15.6 Å². The first-order valence-corrected chi connectivity index (χ1v) is 14.4. The third-order valence-corrected chi connectivity index (χ3v) is 9.66. The van der Waals surface area contributed by atoms with E-state index in [0.29, 0.717) is 32.7 Å². The highest BCUT2D eigenvalue weighted by atomic mass is 79.9. The van der Waals surface area contributed by atoms with Crippen LogP contribution in [0.25, 0.3) is 0 Å². The molecule has 186 valence electrons. The number of H-pyrrole nitrogens is 1. The number of hydrogen-bond donors (Lipinski definition) is 2. The number of aromatic nitrogens is 2. The highest BCUT2D eigenvalue weighted by Crippen LogP contribution is 2.61. The van der Waals surface area contributed by atoms with E-state index in [2.05, 4.69) is 26.2 Å². The summed E-state index contributed by atoms with van der Waals surface area (Å²) in [5, 5.41) is 3.37. The Kier molecular flexibility index (Phi) is 6.96. The normalized spacial score (nSPS) is 26.7. The van der Waals surface area contributed by atoms with Gasteiger partial charge in [-0.25, -0.2) is 4.98 Å². The van der Waals surface area contributed by atoms with Gasteiger partial charge in [0.15, 0.2) is 10.9 Å². The molecule has 0 unspecified atom stereocenters. The van der Waals surface area contributed by atoms with Crippen molar-refractivity contribution in [2.75, 3.05) is 11.1 Å². The third-order valence-electron chi connectivity index (χ3n) is 8.13. The number of carbonyl (C=O) groups is 2. The van der Waals surface area contributed by atoms with Crippen LogP contribution in [-0.2, 0) is 17.6 Å². The van der Waals surface area contributed by atoms with E-state index in [9.17, 15) is 14.4 Å². The van der Waals surface area contributed by atoms with Crippen molar-refractivity contribution in [3.63, 3.8) is 0 Å². The predicted octanol–water partition coefficient (Wildman–Crippen LogP) is 5.79. The summed E-state index contributed by atoms with van der Waals surface area (Å²) in [6, 6.07) is 5.10. The van der Waals surface area contributed by atoms with Gasteiger partial charge < -0.3 is 10.3 Å². The molecular formula is C27H32BrN3O3S. The number of carbonyl (C=O) groups excluding carboxylic acids is 2. The quantitative estimate of drug-likeness (QED) is 0.243. The van der Waals surface area contributed by atoms with Crippen LogP contribution in [0.5, 0.6) is 0 Å². The van der Waals surface area contributed by atoms with Crippen molar-refractivity contribution in [3.05, 3.63) is 49.8 Å². The second-order valence-corrected chi connectivity index (χ2v) is 12.7. The average molecular weight is 559 g/mol. The van der Waals surface area contributed by atoms with Crippen molar-refractivity contribution in [1.82, 2.24) is 9.97 Å². The fourth-order valence-corrected chi connectivity index (χ4v) is 8.28. The molecule has 0 saturated heterocycles. The molecule has 1 heterocycles. The molecule has 0 spiro atoms. The summed E-state index contributed by atoms with van der Waals surface area (Å²) in [6.07, 6.45) is 9.57. The Morgan fingerprint density at radius 2 is 1.83 bits per heavy atom. The molecule has 4 bridgehead atoms. The van der Waals surface area contributed by atoms with Gasteiger partial charge in [0.05, 0.1) is 17.1 Å². The Balaban J connectivity index is 1.28. The summed E-state index contributed by atoms with van der Waals surface area (Å²) < 4.78 is 0.653. The van der Waals surface area contributed by atoms with Crippen LogP contribution in [0.4, 0.5) is 5.69 Å². The lowest BCUT2D eigenvalue weighted by molar-refractivity contribution is -0.113. The number of nitrogens with zero attached hydrogens (tertiary/aromatic N) is 1. The van der Waals surface area contributed by atoms with Crippen LogP contribution in [0.3, 0.4) is 0 Å². The Labute approximate surface area is 218 Å². The second kappa shape index (κ2) is 9.85. The van der Waals surface area contributed by atoms with Gasteiger partial charge in [-0.1, -0.05) is 18.7 Å². The summed E-state index contributed by atoms with van der Waals surface area (Å²) in [7, 11) is 0. The van der Waals surface area contributed by atoms with Crippen molar-refractivity contribution in [3.8, 4) is 0 Å². The number of anilines is 1. The lowest BCUT2D eigenvalue weighted by Crippen LogP contribution is -2.47. The van der Waals surface area contributed by atoms with E-state index >= 15 is 0 Å². The third kappa shape index (κ3) is 5.29. The second-order valence-electron chi connectivity index (χ2n) is 10.8. The lowest BCUT2D eigenvalue weighted by atomic mass is 9.48. The molecule has 4 fully saturated rings. The van der Waals surface area contributed by atoms with Gasteiger partial charge in [0.1, 0.15) is 0 Å². The topological polar surface area (TPSA) is 91.9 Å². The van der Waals surface area contributed by atoms with E-state index in [0.717, 1.165) is 35.4 Å². The van der Waals surface area contributed by atoms with E-state index in [1.807, 2.05) is 6.92 Å². The van der Waals surface area contributed by atoms with Gasteiger partial charge in [0.2, 0.25) is 5.91 Å². The summed E-state index contributed by atoms with van der Waals surface area (Å²) in [5.74, 6) is 2.47. The number of benzene rings is 1. The summed E-state index contributed by atoms with van der Waals surface area (Å²) in [5.41, 5.74) is 3.14. The number of hydrogen-bond acceptors (Lipinski definition) is 5. The van der Waals surface area contributed by atoms with Gasteiger partial charge in [-0.15, -0.1) is 0 Å². The minimum absolute atomic E-state index is 0.0333. The monoisotopic (exact) mass is 557 g/mol. The number of ketones is 1. The first-order valence-electron chi connectivity index (χ1n) is 12.6. The zero-order valence-electron chi connectivity index (χ0n) is 20.3. The van der Waals surface area contributed by atoms with Crippen LogP contribution >= 0.6 is 27.7 Å². The highest BCUT2D eigenvalue weighted by molar-refractivity contribution is 9.10. The fraction of sp³-hybridized carbons (Fsp3) is 0.556. The molecule has 1 amide bonds. The molecule has 2 aromatic rings. The molecular weight excluding hydrogens is 526 g/mol. The lowest BCUT2D eigenvalue weighted by Gasteiger charge is -2.57. The van der Waals surface area contributed by atoms with E-state index < -0.39 is 0 Å². The fourth-order valence-electron chi connectivity index (χ4n) is 7.12. The van der Waals surface area contributed by atoms with Gasteiger partial charge in [0.25, 0.3) is 5.56 Å². The highest BCUT2D eigenvalue weighted by Gasteiger charge is 2.51. The Bertz CT molecular complexity index is 1190. The number of Topliss-reactive ketones (excluding diaryl/α,β-unsaturated/α-hetero) is 1. The van der Waals surface area contributed by atoms with E-state index in [1.54, 1.807) is 18.2 Å². The first-order chi connectivity index (χ1) is 16.7. The summed E-state index contributed by atoms with van der Waals surface area (Å²) in [4.78, 5) is 44.8. The average Bonchev–Trinajstić information content (AvgIpc) is 2.77. The zero-order valence-corrected chi connectivity index (χ0v) is 22.7. The predicted molar refractivity (Wildman–Crippen MR) is 142 cm³/mol. The maximum Gasteiger partial charge on any atom is 0.254 e. The Hall–Kier alpha value is -1.93. The molecule has 6 rings (SSSR count). The van der Waals surface area contributed by atoms with Crippen LogP contribution in [0.2, 0.25) is 0 Å². The van der Waals surface area contributed by atoms with Crippen molar-refractivity contribution in [2.24, 2.45) is 23.2 Å². The number of halogens is 1. The van der Waals surface area contributed by atoms with Gasteiger partial charge in [-0.3, -0.25) is 14.4 Å². The smallest absolute Gasteiger partial charge is 0.254 e. The van der Waals surface area contributed by atoms with Crippen molar-refractivity contribution in [2.45, 2.75) is 70.4 Å². The Morgan fingerprint density at radius 3 is 2.40 bits per heavy atom. The molecule has 4 saturated carbocycles. The molecule has 0 radical (unpaired) electrons. The minimum atomic E-state index is -0.198. The summed E-state index contributed by atoms with van der Waals surface area (Å²) >= 11 is 4.67. The van der Waals surface area contributed by atoms with Crippen LogP contribution in [0.15, 0.2) is 32.6 Å². The van der Waals surface area contributed by atoms with Crippen molar-refractivity contribution < 1.29 is 9.59 Å². The standard InChI is InChI=1S/C27H32BrN3O3S/c1-3-20-23(13-27-10-16-6-17(11-27)8-18(7-16)12-27)30-26(31-25(20)34)35-14-24(33)29-22-5-4-19(15(2)32)9-21(22)28/h4-5,9,16-18H,3,6-8,10-14H2,1-2H3,(H,29,33)(H,30,31,34). The molecule has 0 aliphatic heterocycles. The molecule has 4 aliphatic rings. The SMILES string of the molecule is CCc1c(CC23CC4CC(CC(C4)C2)C3)nc(SCC(=O)Nc2ccc(C(C)=O)cc2Br)[nH]c1=O. The maximum absolute atomic E-state index is 12.9. The van der Waals surface area contributed by atoms with E-state index in [1.165, 1.54) is 57.2 Å². The minimum Gasteiger partial charge on any atom is -0.324 e. The first kappa shape index (κ1) is 24.8. The number of amides is 1. The number of rotatable bonds is 8. The van der Waals surface area contributed by atoms with E-state index in [-0.39, 0.29) is 23.0 Å². The number of thioether (sulfide) groups is 1. The molecule has 6 nitrogen and oxygen atoms in total. The van der Waals surface area contributed by atoms with Crippen molar-refractivity contribution in [1.29, 1.82) is 0 Å². The Morgan fingerprint density at radius 1 is 1.17 bits per heavy atom. The zero-order chi connectivity index (χ0) is 24.7. The largest absolute Gasteiger partial charge is 0.324 e. The molecule has 4 aliphatic carbocycles. The van der Waals surface area contributed by atoms with Gasteiger partial charge in [-0.05, 0) is 116 Å². The van der Waals surface area contributed by atoms with Crippen LogP contribution in [-0.4, -0.2) is 27.4 Å². The number of nitrogens with one attached hydrogen (secondary N) is 2. The van der Waals surface area contributed by atoms with E-state index in [4.69, 9.17) is 4.98 Å². The van der Waals surface area contributed by atoms with Gasteiger partial charge in [-0.2, -0.15) is 0 Å². The maximum atomic E-state index is 12.9.